The molecule has 120 valence electrons. The highest BCUT2D eigenvalue weighted by atomic mass is 19.4. The Balaban J connectivity index is 2.14. The van der Waals surface area contributed by atoms with Gasteiger partial charge in [-0.2, -0.15) is 18.3 Å². The van der Waals surface area contributed by atoms with E-state index in [9.17, 15) is 17.6 Å². The van der Waals surface area contributed by atoms with E-state index in [0.29, 0.717) is 5.71 Å². The number of rotatable bonds is 2. The lowest BCUT2D eigenvalue weighted by Crippen LogP contribution is -2.26. The van der Waals surface area contributed by atoms with Crippen LogP contribution in [0.1, 0.15) is 11.1 Å². The Bertz CT molecular complexity index is 756. The van der Waals surface area contributed by atoms with Crippen LogP contribution in [-0.4, -0.2) is 19.0 Å². The van der Waals surface area contributed by atoms with Crippen molar-refractivity contribution in [1.29, 1.82) is 0 Å². The summed E-state index contributed by atoms with van der Waals surface area (Å²) in [6.07, 6.45) is -4.61. The van der Waals surface area contributed by atoms with Crippen molar-refractivity contribution in [3.05, 3.63) is 59.4 Å². The number of hydrogen-bond donors (Lipinski definition) is 1. The Morgan fingerprint density at radius 2 is 1.83 bits per heavy atom. The molecule has 1 N–H and O–H groups in total. The molecular weight excluding hydrogens is 312 g/mol. The molecule has 1 aliphatic rings. The Morgan fingerprint density at radius 3 is 2.48 bits per heavy atom. The maximum absolute atomic E-state index is 13.9. The number of nitrogens with one attached hydrogen (secondary N) is 1. The van der Waals surface area contributed by atoms with E-state index in [0.717, 1.165) is 12.1 Å². The van der Waals surface area contributed by atoms with Gasteiger partial charge in [0.15, 0.2) is 0 Å². The molecule has 2 aromatic carbocycles. The Hall–Kier alpha value is -2.41. The molecule has 2 aromatic rings. The molecule has 3 rings (SSSR count). The number of hydrazone groups is 1. The third-order valence-electron chi connectivity index (χ3n) is 3.44. The van der Waals surface area contributed by atoms with Crippen molar-refractivity contribution in [2.75, 3.05) is 13.3 Å². The first kappa shape index (κ1) is 15.5. The van der Waals surface area contributed by atoms with Crippen molar-refractivity contribution >= 4 is 5.71 Å². The summed E-state index contributed by atoms with van der Waals surface area (Å²) in [7, 11) is 0. The molecule has 0 radical (unpaired) electrons. The number of halogens is 4. The van der Waals surface area contributed by atoms with Crippen LogP contribution >= 0.6 is 0 Å². The van der Waals surface area contributed by atoms with Gasteiger partial charge in [-0.25, -0.2) is 4.39 Å². The Kier molecular flexibility index (Phi) is 4.04. The molecule has 0 amide bonds. The topological polar surface area (TPSA) is 33.6 Å². The van der Waals surface area contributed by atoms with Crippen LogP contribution in [-0.2, 0) is 10.9 Å². The first-order chi connectivity index (χ1) is 11.0. The zero-order chi connectivity index (χ0) is 16.4. The highest BCUT2D eigenvalue weighted by molar-refractivity contribution is 6.02. The Labute approximate surface area is 129 Å². The van der Waals surface area contributed by atoms with Crippen LogP contribution in [0, 0.1) is 5.82 Å². The summed E-state index contributed by atoms with van der Waals surface area (Å²) in [5.41, 5.74) is 2.01. The van der Waals surface area contributed by atoms with Gasteiger partial charge in [0.2, 0.25) is 0 Å². The number of benzene rings is 2. The minimum absolute atomic E-state index is 0.0914. The van der Waals surface area contributed by atoms with Crippen molar-refractivity contribution in [2.45, 2.75) is 6.18 Å². The molecule has 0 spiro atoms. The van der Waals surface area contributed by atoms with E-state index < -0.39 is 17.6 Å². The van der Waals surface area contributed by atoms with Crippen LogP contribution in [0.4, 0.5) is 17.6 Å². The second kappa shape index (κ2) is 6.00. The first-order valence-electron chi connectivity index (χ1n) is 6.80. The van der Waals surface area contributed by atoms with E-state index in [1.165, 1.54) is 30.3 Å². The van der Waals surface area contributed by atoms with Crippen LogP contribution in [0.25, 0.3) is 11.1 Å². The summed E-state index contributed by atoms with van der Waals surface area (Å²) >= 11 is 0. The van der Waals surface area contributed by atoms with E-state index in [1.807, 2.05) is 0 Å². The quantitative estimate of drug-likeness (QED) is 0.853. The molecule has 0 fully saturated rings. The molecular formula is C16H12F4N2O. The molecule has 1 heterocycles. The highest BCUT2D eigenvalue weighted by Crippen LogP contribution is 2.38. The molecule has 0 atom stereocenters. The van der Waals surface area contributed by atoms with Crippen molar-refractivity contribution in [2.24, 2.45) is 5.10 Å². The molecule has 0 bridgehead atoms. The molecule has 0 aromatic heterocycles. The van der Waals surface area contributed by atoms with Gasteiger partial charge in [0.05, 0.1) is 17.9 Å². The fourth-order valence-corrected chi connectivity index (χ4v) is 2.37. The molecule has 23 heavy (non-hydrogen) atoms. The van der Waals surface area contributed by atoms with E-state index in [2.05, 4.69) is 10.5 Å². The number of alkyl halides is 3. The fraction of sp³-hybridized carbons (Fsp3) is 0.188. The average molecular weight is 324 g/mol. The van der Waals surface area contributed by atoms with Gasteiger partial charge in [0.25, 0.3) is 0 Å². The summed E-state index contributed by atoms with van der Waals surface area (Å²) in [6, 6.07) is 9.08. The van der Waals surface area contributed by atoms with Gasteiger partial charge in [-0.05, 0) is 17.7 Å². The minimum Gasteiger partial charge on any atom is -0.353 e. The fourth-order valence-electron chi connectivity index (χ4n) is 2.37. The molecule has 0 aliphatic carbocycles. The summed E-state index contributed by atoms with van der Waals surface area (Å²) < 4.78 is 59.2. The maximum Gasteiger partial charge on any atom is 0.417 e. The lowest BCUT2D eigenvalue weighted by atomic mass is 9.95. The number of nitrogens with zero attached hydrogens (tertiary/aromatic N) is 1. The third kappa shape index (κ3) is 3.19. The Morgan fingerprint density at radius 1 is 1.04 bits per heavy atom. The van der Waals surface area contributed by atoms with Crippen LogP contribution < -0.4 is 5.43 Å². The number of hydrogen-bond acceptors (Lipinski definition) is 3. The molecule has 0 saturated carbocycles. The molecule has 0 unspecified atom stereocenters. The van der Waals surface area contributed by atoms with Crippen molar-refractivity contribution in [3.8, 4) is 11.1 Å². The zero-order valence-corrected chi connectivity index (χ0v) is 11.8. The normalized spacial score (nSPS) is 15.0. The highest BCUT2D eigenvalue weighted by Gasteiger charge is 2.35. The lowest BCUT2D eigenvalue weighted by Gasteiger charge is -2.18. The average Bonchev–Trinajstić information content (AvgIpc) is 2.55. The van der Waals surface area contributed by atoms with Crippen LogP contribution in [0.3, 0.4) is 0 Å². The smallest absolute Gasteiger partial charge is 0.353 e. The molecule has 3 nitrogen and oxygen atoms in total. The van der Waals surface area contributed by atoms with E-state index in [-0.39, 0.29) is 30.0 Å². The molecule has 7 heteroatoms. The van der Waals surface area contributed by atoms with Gasteiger partial charge in [-0.3, -0.25) is 5.43 Å². The second-order valence-corrected chi connectivity index (χ2v) is 4.95. The lowest BCUT2D eigenvalue weighted by molar-refractivity contribution is -0.137. The van der Waals surface area contributed by atoms with Gasteiger partial charge in [-0.1, -0.05) is 30.3 Å². The number of ether oxygens (including phenoxy) is 1. The standard InChI is InChI=1S/C16H12F4N2O/c17-14-4-2-1-3-12(14)11-6-5-10(7-13(11)16(18,19)20)15-8-23-9-21-22-15/h1-7,21H,8-9H2. The predicted octanol–water partition coefficient (Wildman–Crippen LogP) is 3.79. The van der Waals surface area contributed by atoms with Crippen LogP contribution in [0.5, 0.6) is 0 Å². The monoisotopic (exact) mass is 324 g/mol. The second-order valence-electron chi connectivity index (χ2n) is 4.95. The summed E-state index contributed by atoms with van der Waals surface area (Å²) in [5, 5.41) is 3.94. The summed E-state index contributed by atoms with van der Waals surface area (Å²) in [6.45, 7) is 0.326. The molecule has 0 saturated heterocycles. The van der Waals surface area contributed by atoms with Crippen molar-refractivity contribution in [1.82, 2.24) is 5.43 Å². The maximum atomic E-state index is 13.9. The van der Waals surface area contributed by atoms with Gasteiger partial charge < -0.3 is 4.74 Å². The minimum atomic E-state index is -4.61. The van der Waals surface area contributed by atoms with Gasteiger partial charge in [0, 0.05) is 11.1 Å². The largest absolute Gasteiger partial charge is 0.417 e. The van der Waals surface area contributed by atoms with Gasteiger partial charge >= 0.3 is 6.18 Å². The van der Waals surface area contributed by atoms with E-state index >= 15 is 0 Å². The summed E-state index contributed by atoms with van der Waals surface area (Å²) in [4.78, 5) is 0. The van der Waals surface area contributed by atoms with Crippen LogP contribution in [0.15, 0.2) is 47.6 Å². The van der Waals surface area contributed by atoms with Gasteiger partial charge in [0.1, 0.15) is 12.5 Å². The first-order valence-corrected chi connectivity index (χ1v) is 6.80. The van der Waals surface area contributed by atoms with E-state index in [4.69, 9.17) is 4.74 Å². The van der Waals surface area contributed by atoms with Gasteiger partial charge in [-0.15, -0.1) is 0 Å². The van der Waals surface area contributed by atoms with Crippen molar-refractivity contribution in [3.63, 3.8) is 0 Å². The SMILES string of the molecule is Fc1ccccc1-c1ccc(C2=NNCOC2)cc1C(F)(F)F. The third-order valence-corrected chi connectivity index (χ3v) is 3.44. The molecule has 1 aliphatic heterocycles. The summed E-state index contributed by atoms with van der Waals surface area (Å²) in [5.74, 6) is -0.703. The van der Waals surface area contributed by atoms with Crippen LogP contribution in [0.2, 0.25) is 0 Å². The van der Waals surface area contributed by atoms with E-state index in [1.54, 1.807) is 0 Å². The van der Waals surface area contributed by atoms with Crippen molar-refractivity contribution < 1.29 is 22.3 Å². The zero-order valence-electron chi connectivity index (χ0n) is 11.8. The predicted molar refractivity (Wildman–Crippen MR) is 77.3 cm³/mol.